The highest BCUT2D eigenvalue weighted by molar-refractivity contribution is 5.94. The van der Waals surface area contributed by atoms with E-state index >= 15 is 0 Å². The quantitative estimate of drug-likeness (QED) is 0.843. The van der Waals surface area contributed by atoms with Crippen molar-refractivity contribution in [2.45, 2.75) is 39.8 Å². The lowest BCUT2D eigenvalue weighted by Crippen LogP contribution is -2.38. The van der Waals surface area contributed by atoms with E-state index in [0.29, 0.717) is 18.7 Å². The first-order chi connectivity index (χ1) is 10.1. The summed E-state index contributed by atoms with van der Waals surface area (Å²) in [7, 11) is 0. The molecular weight excluding hydrogens is 266 g/mol. The topological polar surface area (TPSA) is 63.9 Å². The number of aryl methyl sites for hydroxylation is 1. The number of fused-ring (bicyclic) bond motifs is 1. The zero-order valence-corrected chi connectivity index (χ0v) is 12.6. The van der Waals surface area contributed by atoms with Crippen molar-refractivity contribution in [2.75, 3.05) is 6.54 Å². The second-order valence-electron chi connectivity index (χ2n) is 5.69. The average molecular weight is 285 g/mol. The van der Waals surface area contributed by atoms with Crippen LogP contribution in [0.1, 0.15) is 47.3 Å². The van der Waals surface area contributed by atoms with E-state index in [1.165, 1.54) is 0 Å². The van der Waals surface area contributed by atoms with E-state index in [-0.39, 0.29) is 11.8 Å². The Bertz CT molecular complexity index is 676. The number of carbonyl (C=O) groups excluding carboxylic acids is 1. The van der Waals surface area contributed by atoms with E-state index in [4.69, 9.17) is 0 Å². The third kappa shape index (κ3) is 2.53. The monoisotopic (exact) mass is 285 g/mol. The molecule has 3 heterocycles. The highest BCUT2D eigenvalue weighted by atomic mass is 16.2. The second-order valence-corrected chi connectivity index (χ2v) is 5.69. The first kappa shape index (κ1) is 13.7. The van der Waals surface area contributed by atoms with Gasteiger partial charge in [0.05, 0.1) is 29.8 Å². The van der Waals surface area contributed by atoms with Crippen LogP contribution in [0.25, 0.3) is 0 Å². The number of nitrogens with zero attached hydrogens (tertiary/aromatic N) is 5. The van der Waals surface area contributed by atoms with Gasteiger partial charge in [-0.15, -0.1) is 0 Å². The standard InChI is InChI=1S/C15H19N5O/c1-10(2)14-17-7-13(11(3)18-14)15(21)19-4-5-20-9-16-6-12(20)8-19/h6-7,9-10H,4-5,8H2,1-3H3. The van der Waals surface area contributed by atoms with Crippen molar-refractivity contribution in [3.05, 3.63) is 41.5 Å². The van der Waals surface area contributed by atoms with Crippen LogP contribution < -0.4 is 0 Å². The largest absolute Gasteiger partial charge is 0.331 e. The molecule has 1 aliphatic rings. The first-order valence-electron chi connectivity index (χ1n) is 7.18. The van der Waals surface area contributed by atoms with Crippen LogP contribution in [0.4, 0.5) is 0 Å². The predicted molar refractivity (Wildman–Crippen MR) is 77.8 cm³/mol. The number of amides is 1. The maximum atomic E-state index is 12.6. The van der Waals surface area contributed by atoms with Crippen LogP contribution in [0.5, 0.6) is 0 Å². The number of hydrogen-bond donors (Lipinski definition) is 0. The van der Waals surface area contributed by atoms with E-state index in [9.17, 15) is 4.79 Å². The van der Waals surface area contributed by atoms with Crippen molar-refractivity contribution in [1.29, 1.82) is 0 Å². The summed E-state index contributed by atoms with van der Waals surface area (Å²) >= 11 is 0. The normalized spacial score (nSPS) is 14.4. The summed E-state index contributed by atoms with van der Waals surface area (Å²) in [5.41, 5.74) is 2.40. The van der Waals surface area contributed by atoms with Crippen molar-refractivity contribution in [2.24, 2.45) is 0 Å². The van der Waals surface area contributed by atoms with Gasteiger partial charge in [-0.1, -0.05) is 13.8 Å². The third-order valence-corrected chi connectivity index (χ3v) is 3.79. The van der Waals surface area contributed by atoms with Gasteiger partial charge >= 0.3 is 0 Å². The van der Waals surface area contributed by atoms with Gasteiger partial charge < -0.3 is 9.47 Å². The molecule has 0 atom stereocenters. The van der Waals surface area contributed by atoms with Crippen molar-refractivity contribution in [1.82, 2.24) is 24.4 Å². The average Bonchev–Trinajstić information content (AvgIpc) is 2.93. The molecule has 1 amide bonds. The predicted octanol–water partition coefficient (Wildman–Crippen LogP) is 1.76. The first-order valence-corrected chi connectivity index (χ1v) is 7.18. The van der Waals surface area contributed by atoms with Gasteiger partial charge in [-0.25, -0.2) is 15.0 Å². The van der Waals surface area contributed by atoms with Crippen LogP contribution >= 0.6 is 0 Å². The van der Waals surface area contributed by atoms with E-state index in [0.717, 1.165) is 23.8 Å². The van der Waals surface area contributed by atoms with Crippen LogP contribution in [0.15, 0.2) is 18.7 Å². The molecule has 6 nitrogen and oxygen atoms in total. The third-order valence-electron chi connectivity index (χ3n) is 3.79. The molecule has 0 N–H and O–H groups in total. The van der Waals surface area contributed by atoms with E-state index in [2.05, 4.69) is 19.5 Å². The Labute approximate surface area is 123 Å². The summed E-state index contributed by atoms with van der Waals surface area (Å²) in [6.07, 6.45) is 5.28. The van der Waals surface area contributed by atoms with Crippen LogP contribution in [-0.4, -0.2) is 36.9 Å². The molecule has 2 aromatic heterocycles. The van der Waals surface area contributed by atoms with E-state index < -0.39 is 0 Å². The van der Waals surface area contributed by atoms with Gasteiger partial charge in [0.15, 0.2) is 0 Å². The molecule has 0 bridgehead atoms. The summed E-state index contributed by atoms with van der Waals surface area (Å²) in [4.78, 5) is 27.4. The van der Waals surface area contributed by atoms with Gasteiger partial charge in [-0.05, 0) is 6.92 Å². The molecule has 110 valence electrons. The SMILES string of the molecule is Cc1nc(C(C)C)ncc1C(=O)N1CCn2cncc2C1. The molecule has 21 heavy (non-hydrogen) atoms. The zero-order valence-electron chi connectivity index (χ0n) is 12.6. The highest BCUT2D eigenvalue weighted by Crippen LogP contribution is 2.17. The van der Waals surface area contributed by atoms with Crippen LogP contribution in [-0.2, 0) is 13.1 Å². The van der Waals surface area contributed by atoms with Gasteiger partial charge in [-0.3, -0.25) is 4.79 Å². The Morgan fingerprint density at radius 3 is 2.81 bits per heavy atom. The molecule has 0 saturated heterocycles. The molecule has 1 aliphatic heterocycles. The lowest BCUT2D eigenvalue weighted by atomic mass is 10.1. The Balaban J connectivity index is 1.83. The van der Waals surface area contributed by atoms with Gasteiger partial charge in [-0.2, -0.15) is 0 Å². The minimum Gasteiger partial charge on any atom is -0.331 e. The van der Waals surface area contributed by atoms with E-state index in [1.54, 1.807) is 6.20 Å². The fraction of sp³-hybridized carbons (Fsp3) is 0.467. The molecule has 0 aliphatic carbocycles. The van der Waals surface area contributed by atoms with Crippen molar-refractivity contribution in [3.63, 3.8) is 0 Å². The Hall–Kier alpha value is -2.24. The van der Waals surface area contributed by atoms with Crippen molar-refractivity contribution >= 4 is 5.91 Å². The molecular formula is C15H19N5O. The highest BCUT2D eigenvalue weighted by Gasteiger charge is 2.24. The summed E-state index contributed by atoms with van der Waals surface area (Å²) in [6, 6.07) is 0. The molecule has 0 fully saturated rings. The Morgan fingerprint density at radius 1 is 1.29 bits per heavy atom. The second kappa shape index (κ2) is 5.27. The number of imidazole rings is 1. The molecule has 0 unspecified atom stereocenters. The molecule has 0 aromatic carbocycles. The molecule has 0 saturated carbocycles. The van der Waals surface area contributed by atoms with Gasteiger partial charge in [0.25, 0.3) is 5.91 Å². The number of carbonyl (C=O) groups is 1. The maximum Gasteiger partial charge on any atom is 0.257 e. The zero-order chi connectivity index (χ0) is 15.0. The lowest BCUT2D eigenvalue weighted by Gasteiger charge is -2.28. The Kier molecular flexibility index (Phi) is 3.45. The number of aromatic nitrogens is 4. The Morgan fingerprint density at radius 2 is 2.10 bits per heavy atom. The van der Waals surface area contributed by atoms with Crippen LogP contribution in [0.3, 0.4) is 0 Å². The number of hydrogen-bond acceptors (Lipinski definition) is 4. The summed E-state index contributed by atoms with van der Waals surface area (Å²) in [5.74, 6) is 1.04. The van der Waals surface area contributed by atoms with Gasteiger partial charge in [0.1, 0.15) is 5.82 Å². The number of rotatable bonds is 2. The minimum atomic E-state index is -0.00439. The van der Waals surface area contributed by atoms with Crippen LogP contribution in [0.2, 0.25) is 0 Å². The summed E-state index contributed by atoms with van der Waals surface area (Å²) in [6.45, 7) is 8.02. The van der Waals surface area contributed by atoms with Crippen molar-refractivity contribution < 1.29 is 4.79 Å². The molecule has 6 heteroatoms. The maximum absolute atomic E-state index is 12.6. The fourth-order valence-electron chi connectivity index (χ4n) is 2.50. The smallest absolute Gasteiger partial charge is 0.257 e. The molecule has 3 rings (SSSR count). The summed E-state index contributed by atoms with van der Waals surface area (Å²) in [5, 5.41) is 0. The lowest BCUT2D eigenvalue weighted by molar-refractivity contribution is 0.0709. The fourth-order valence-corrected chi connectivity index (χ4v) is 2.50. The van der Waals surface area contributed by atoms with Gasteiger partial charge in [0.2, 0.25) is 0 Å². The van der Waals surface area contributed by atoms with Crippen LogP contribution in [0, 0.1) is 6.92 Å². The van der Waals surface area contributed by atoms with Gasteiger partial charge in [0, 0.05) is 31.4 Å². The van der Waals surface area contributed by atoms with E-state index in [1.807, 2.05) is 38.2 Å². The van der Waals surface area contributed by atoms with Crippen molar-refractivity contribution in [3.8, 4) is 0 Å². The molecule has 0 spiro atoms. The summed E-state index contributed by atoms with van der Waals surface area (Å²) < 4.78 is 2.08. The minimum absolute atomic E-state index is 0.00439. The molecule has 0 radical (unpaired) electrons. The molecule has 2 aromatic rings.